The summed E-state index contributed by atoms with van der Waals surface area (Å²) in [5.41, 5.74) is 1.39. The van der Waals surface area contributed by atoms with Crippen molar-refractivity contribution in [3.8, 4) is 0 Å². The van der Waals surface area contributed by atoms with Crippen LogP contribution < -0.4 is 0 Å². The molecule has 0 aromatic heterocycles. The van der Waals surface area contributed by atoms with Crippen LogP contribution in [-0.4, -0.2) is 29.5 Å². The number of thiol groups is 1. The maximum Gasteiger partial charge on any atom is 0.0230 e. The standard InChI is InChI=1S/C14H23NS2/c1-12(2)17-14-7-5-13(6-8-14)11-15(3)9-4-10-16/h5-8,12,16H,4,9-11H2,1-3H3. The first-order valence-corrected chi connectivity index (χ1v) is 7.68. The Labute approximate surface area is 115 Å². The molecule has 3 heteroatoms. The largest absolute Gasteiger partial charge is 0.302 e. The van der Waals surface area contributed by atoms with Gasteiger partial charge in [-0.1, -0.05) is 26.0 Å². The Balaban J connectivity index is 2.44. The summed E-state index contributed by atoms with van der Waals surface area (Å²) < 4.78 is 0. The lowest BCUT2D eigenvalue weighted by atomic mass is 10.2. The molecule has 96 valence electrons. The van der Waals surface area contributed by atoms with E-state index in [2.05, 4.69) is 62.7 Å². The Hall–Kier alpha value is -0.120. The van der Waals surface area contributed by atoms with Crippen LogP contribution in [0.15, 0.2) is 29.2 Å². The third-order valence-electron chi connectivity index (χ3n) is 2.45. The van der Waals surface area contributed by atoms with Gasteiger partial charge in [-0.05, 0) is 43.5 Å². The topological polar surface area (TPSA) is 3.24 Å². The second kappa shape index (κ2) is 8.06. The molecule has 1 rings (SSSR count). The molecule has 17 heavy (non-hydrogen) atoms. The molecule has 0 atom stereocenters. The van der Waals surface area contributed by atoms with Gasteiger partial charge in [0.2, 0.25) is 0 Å². The normalized spacial score (nSPS) is 11.4. The molecule has 0 radical (unpaired) electrons. The molecular weight excluding hydrogens is 246 g/mol. The second-order valence-corrected chi connectivity index (χ2v) is 6.72. The van der Waals surface area contributed by atoms with Gasteiger partial charge in [-0.25, -0.2) is 0 Å². The fourth-order valence-electron chi connectivity index (χ4n) is 1.68. The van der Waals surface area contributed by atoms with E-state index in [0.717, 1.165) is 25.3 Å². The lowest BCUT2D eigenvalue weighted by Gasteiger charge is -2.16. The van der Waals surface area contributed by atoms with Crippen LogP contribution >= 0.6 is 24.4 Å². The number of rotatable bonds is 7. The Kier molecular flexibility index (Phi) is 7.09. The minimum atomic E-state index is 0.652. The van der Waals surface area contributed by atoms with E-state index in [9.17, 15) is 0 Å². The van der Waals surface area contributed by atoms with Gasteiger partial charge in [0, 0.05) is 16.7 Å². The van der Waals surface area contributed by atoms with E-state index in [1.54, 1.807) is 0 Å². The fourth-order valence-corrected chi connectivity index (χ4v) is 2.66. The summed E-state index contributed by atoms with van der Waals surface area (Å²) in [6.45, 7) is 6.60. The van der Waals surface area contributed by atoms with Gasteiger partial charge in [0.25, 0.3) is 0 Å². The number of hydrogen-bond acceptors (Lipinski definition) is 3. The van der Waals surface area contributed by atoms with E-state index in [-0.39, 0.29) is 0 Å². The summed E-state index contributed by atoms with van der Waals surface area (Å²) in [6, 6.07) is 8.93. The van der Waals surface area contributed by atoms with Crippen LogP contribution in [0.3, 0.4) is 0 Å². The molecule has 0 amide bonds. The van der Waals surface area contributed by atoms with E-state index in [0.29, 0.717) is 5.25 Å². The molecule has 0 unspecified atom stereocenters. The van der Waals surface area contributed by atoms with Crippen molar-refractivity contribution < 1.29 is 0 Å². The first kappa shape index (κ1) is 14.9. The van der Waals surface area contributed by atoms with Gasteiger partial charge in [-0.2, -0.15) is 12.6 Å². The molecule has 1 aromatic rings. The third-order valence-corrected chi connectivity index (χ3v) is 3.78. The summed E-state index contributed by atoms with van der Waals surface area (Å²) in [5, 5.41) is 0.652. The van der Waals surface area contributed by atoms with Crippen molar-refractivity contribution in [3.05, 3.63) is 29.8 Å². The molecular formula is C14H23NS2. The van der Waals surface area contributed by atoms with Crippen LogP contribution in [0.25, 0.3) is 0 Å². The Morgan fingerprint density at radius 3 is 2.41 bits per heavy atom. The minimum absolute atomic E-state index is 0.652. The van der Waals surface area contributed by atoms with Crippen LogP contribution in [0.1, 0.15) is 25.8 Å². The second-order valence-electron chi connectivity index (χ2n) is 4.63. The zero-order chi connectivity index (χ0) is 12.7. The molecule has 0 heterocycles. The van der Waals surface area contributed by atoms with Crippen molar-refractivity contribution >= 4 is 24.4 Å². The van der Waals surface area contributed by atoms with Gasteiger partial charge in [-0.3, -0.25) is 0 Å². The number of benzene rings is 1. The molecule has 0 spiro atoms. The molecule has 1 nitrogen and oxygen atoms in total. The zero-order valence-electron chi connectivity index (χ0n) is 11.0. The number of thioether (sulfide) groups is 1. The van der Waals surface area contributed by atoms with Gasteiger partial charge in [0.15, 0.2) is 0 Å². The molecule has 0 bridgehead atoms. The number of hydrogen-bond donors (Lipinski definition) is 1. The molecule has 0 fully saturated rings. The summed E-state index contributed by atoms with van der Waals surface area (Å²) in [5.74, 6) is 0.967. The van der Waals surface area contributed by atoms with Crippen molar-refractivity contribution in [1.82, 2.24) is 4.90 Å². The van der Waals surface area contributed by atoms with Crippen molar-refractivity contribution in [1.29, 1.82) is 0 Å². The quantitative estimate of drug-likeness (QED) is 0.590. The van der Waals surface area contributed by atoms with Crippen LogP contribution in [0.5, 0.6) is 0 Å². The Morgan fingerprint density at radius 2 is 1.88 bits per heavy atom. The van der Waals surface area contributed by atoms with Crippen LogP contribution in [0.4, 0.5) is 0 Å². The molecule has 0 N–H and O–H groups in total. The fraction of sp³-hybridized carbons (Fsp3) is 0.571. The van der Waals surface area contributed by atoms with Crippen LogP contribution in [0.2, 0.25) is 0 Å². The summed E-state index contributed by atoms with van der Waals surface area (Å²) in [4.78, 5) is 3.71. The van der Waals surface area contributed by atoms with Crippen molar-refractivity contribution in [2.75, 3.05) is 19.3 Å². The first-order valence-electron chi connectivity index (χ1n) is 6.17. The highest BCUT2D eigenvalue weighted by Gasteiger charge is 2.01. The first-order chi connectivity index (χ1) is 8.11. The van der Waals surface area contributed by atoms with Crippen molar-refractivity contribution in [3.63, 3.8) is 0 Å². The maximum atomic E-state index is 4.24. The Morgan fingerprint density at radius 1 is 1.24 bits per heavy atom. The molecule has 0 aliphatic carbocycles. The van der Waals surface area contributed by atoms with Gasteiger partial charge in [0.05, 0.1) is 0 Å². The lowest BCUT2D eigenvalue weighted by Crippen LogP contribution is -2.19. The molecule has 0 saturated carbocycles. The number of nitrogens with zero attached hydrogens (tertiary/aromatic N) is 1. The molecule has 0 saturated heterocycles. The highest BCUT2D eigenvalue weighted by molar-refractivity contribution is 7.99. The van der Waals surface area contributed by atoms with Crippen molar-refractivity contribution in [2.24, 2.45) is 0 Å². The molecule has 0 aliphatic heterocycles. The summed E-state index contributed by atoms with van der Waals surface area (Å²) in [7, 11) is 2.17. The van der Waals surface area contributed by atoms with E-state index in [1.165, 1.54) is 10.5 Å². The van der Waals surface area contributed by atoms with Gasteiger partial charge < -0.3 is 4.90 Å². The summed E-state index contributed by atoms with van der Waals surface area (Å²) in [6.07, 6.45) is 1.15. The maximum absolute atomic E-state index is 4.24. The molecule has 0 aliphatic rings. The highest BCUT2D eigenvalue weighted by Crippen LogP contribution is 2.23. The minimum Gasteiger partial charge on any atom is -0.302 e. The monoisotopic (exact) mass is 269 g/mol. The highest BCUT2D eigenvalue weighted by atomic mass is 32.2. The SMILES string of the molecule is CC(C)Sc1ccc(CN(C)CCCS)cc1. The predicted octanol–water partition coefficient (Wildman–Crippen LogP) is 3.94. The van der Waals surface area contributed by atoms with E-state index in [4.69, 9.17) is 0 Å². The van der Waals surface area contributed by atoms with Gasteiger partial charge in [-0.15, -0.1) is 11.8 Å². The molecule has 1 aromatic carbocycles. The van der Waals surface area contributed by atoms with Gasteiger partial charge >= 0.3 is 0 Å². The van der Waals surface area contributed by atoms with E-state index < -0.39 is 0 Å². The summed E-state index contributed by atoms with van der Waals surface area (Å²) >= 11 is 6.15. The third kappa shape index (κ3) is 6.39. The predicted molar refractivity (Wildman–Crippen MR) is 82.2 cm³/mol. The average molecular weight is 269 g/mol. The lowest BCUT2D eigenvalue weighted by molar-refractivity contribution is 0.328. The van der Waals surface area contributed by atoms with Crippen LogP contribution in [-0.2, 0) is 6.54 Å². The van der Waals surface area contributed by atoms with Crippen LogP contribution in [0, 0.1) is 0 Å². The zero-order valence-corrected chi connectivity index (χ0v) is 12.7. The van der Waals surface area contributed by atoms with Gasteiger partial charge in [0.1, 0.15) is 0 Å². The van der Waals surface area contributed by atoms with Crippen molar-refractivity contribution in [2.45, 2.75) is 37.0 Å². The van der Waals surface area contributed by atoms with E-state index >= 15 is 0 Å². The Bertz CT molecular complexity index is 309. The smallest absolute Gasteiger partial charge is 0.0230 e. The average Bonchev–Trinajstić information content (AvgIpc) is 2.28. The van der Waals surface area contributed by atoms with E-state index in [1.807, 2.05) is 11.8 Å².